The number of amides is 1. The molecule has 0 aliphatic carbocycles. The van der Waals surface area contributed by atoms with Crippen LogP contribution in [-0.4, -0.2) is 112 Å². The number of rotatable bonds is 16. The van der Waals surface area contributed by atoms with Gasteiger partial charge in [-0.3, -0.25) is 14.7 Å². The minimum Gasteiger partial charge on any atom is -0.386 e. The van der Waals surface area contributed by atoms with Gasteiger partial charge in [-0.25, -0.2) is 17.2 Å². The first kappa shape index (κ1) is 37.7. The lowest BCUT2D eigenvalue weighted by molar-refractivity contribution is -0.123. The molecule has 0 spiro atoms. The van der Waals surface area contributed by atoms with Gasteiger partial charge in [-0.15, -0.1) is 0 Å². The van der Waals surface area contributed by atoms with Crippen LogP contribution in [0.2, 0.25) is 0 Å². The van der Waals surface area contributed by atoms with E-state index in [-0.39, 0.29) is 31.6 Å². The van der Waals surface area contributed by atoms with Gasteiger partial charge in [0.2, 0.25) is 15.9 Å². The van der Waals surface area contributed by atoms with E-state index in [0.29, 0.717) is 57.0 Å². The van der Waals surface area contributed by atoms with Crippen LogP contribution in [0.1, 0.15) is 79.1 Å². The fourth-order valence-electron chi connectivity index (χ4n) is 6.45. The molecule has 1 amide bonds. The minimum absolute atomic E-state index is 0.0538. The Kier molecular flexibility index (Phi) is 14.6. The summed E-state index contributed by atoms with van der Waals surface area (Å²) in [6.45, 7) is 10.0. The van der Waals surface area contributed by atoms with Crippen LogP contribution in [0.25, 0.3) is 0 Å². The third-order valence-corrected chi connectivity index (χ3v) is 11.8. The van der Waals surface area contributed by atoms with E-state index in [0.717, 1.165) is 25.7 Å². The number of aliphatic imine (C=N–C) groups is 1. The second-order valence-corrected chi connectivity index (χ2v) is 15.8. The third-order valence-electron chi connectivity index (χ3n) is 9.36. The molecule has 45 heavy (non-hydrogen) atoms. The number of nitrogens with zero attached hydrogens (tertiary/aromatic N) is 3. The number of alkyl halides is 2. The number of sulfonamides is 1. The predicted octanol–water partition coefficient (Wildman–Crippen LogP) is 2.43. The number of carbonyl (C=O) groups is 1. The smallest absolute Gasteiger partial charge is 0.235 e. The minimum atomic E-state index is -3.48. The predicted molar refractivity (Wildman–Crippen MR) is 175 cm³/mol. The molecular formula is C31H57F2N7O4S. The summed E-state index contributed by atoms with van der Waals surface area (Å²) in [4.78, 5) is 19.7. The largest absolute Gasteiger partial charge is 0.386 e. The summed E-state index contributed by atoms with van der Waals surface area (Å²) >= 11 is 0. The van der Waals surface area contributed by atoms with Gasteiger partial charge in [-0.1, -0.05) is 40.0 Å². The first-order chi connectivity index (χ1) is 21.3. The van der Waals surface area contributed by atoms with Gasteiger partial charge in [0.05, 0.1) is 29.7 Å². The zero-order chi connectivity index (χ0) is 33.2. The highest BCUT2D eigenvalue weighted by Crippen LogP contribution is 2.30. The van der Waals surface area contributed by atoms with Crippen molar-refractivity contribution >= 4 is 21.6 Å². The maximum Gasteiger partial charge on any atom is 0.235 e. The van der Waals surface area contributed by atoms with Crippen molar-refractivity contribution in [1.29, 1.82) is 0 Å². The van der Waals surface area contributed by atoms with E-state index >= 15 is 4.39 Å². The summed E-state index contributed by atoms with van der Waals surface area (Å²) in [5.41, 5.74) is 12.7. The molecule has 2 saturated heterocycles. The van der Waals surface area contributed by atoms with E-state index < -0.39 is 51.6 Å². The molecule has 0 bridgehead atoms. The van der Waals surface area contributed by atoms with Crippen LogP contribution in [0.15, 0.2) is 16.9 Å². The Morgan fingerprint density at radius 3 is 2.47 bits per heavy atom. The second-order valence-electron chi connectivity index (χ2n) is 13.5. The molecule has 0 aromatic heterocycles. The van der Waals surface area contributed by atoms with E-state index in [1.54, 1.807) is 13.1 Å². The molecule has 3 rings (SSSR count). The Bertz CT molecular complexity index is 1110. The molecule has 4 unspecified atom stereocenters. The number of nitrogens with one attached hydrogen (secondary N) is 2. The number of hydrogen-bond donors (Lipinski definition) is 4. The highest BCUT2D eigenvalue weighted by molar-refractivity contribution is 7.89. The average Bonchev–Trinajstić information content (AvgIpc) is 2.99. The molecule has 4 atom stereocenters. The Hall–Kier alpha value is -1.71. The topological polar surface area (TPSA) is 155 Å². The molecule has 6 N–H and O–H groups in total. The fourth-order valence-corrected chi connectivity index (χ4v) is 8.33. The lowest BCUT2D eigenvalue weighted by atomic mass is 9.82. The lowest BCUT2D eigenvalue weighted by Crippen LogP contribution is -2.60. The summed E-state index contributed by atoms with van der Waals surface area (Å²) in [5, 5.41) is 5.22. The van der Waals surface area contributed by atoms with Crippen LogP contribution in [0.4, 0.5) is 8.78 Å². The van der Waals surface area contributed by atoms with Crippen LogP contribution in [0.5, 0.6) is 0 Å². The molecule has 260 valence electrons. The van der Waals surface area contributed by atoms with E-state index in [1.165, 1.54) is 10.7 Å². The summed E-state index contributed by atoms with van der Waals surface area (Å²) in [6.07, 6.45) is 4.54. The summed E-state index contributed by atoms with van der Waals surface area (Å²) in [7, 11) is -3.48. The van der Waals surface area contributed by atoms with Crippen molar-refractivity contribution in [2.75, 3.05) is 52.5 Å². The van der Waals surface area contributed by atoms with Crippen molar-refractivity contribution in [2.45, 2.75) is 109 Å². The molecule has 11 nitrogen and oxygen atoms in total. The van der Waals surface area contributed by atoms with Crippen molar-refractivity contribution in [3.05, 3.63) is 11.9 Å². The maximum absolute atomic E-state index is 15.4. The fraction of sp³-hybridized carbons (Fsp3) is 0.871. The van der Waals surface area contributed by atoms with Crippen molar-refractivity contribution in [3.8, 4) is 0 Å². The number of hydrogen-bond acceptors (Lipinski definition) is 9. The monoisotopic (exact) mass is 661 g/mol. The average molecular weight is 662 g/mol. The quantitative estimate of drug-likeness (QED) is 0.112. The molecule has 14 heteroatoms. The van der Waals surface area contributed by atoms with Gasteiger partial charge in [0.25, 0.3) is 0 Å². The van der Waals surface area contributed by atoms with Gasteiger partial charge in [0.15, 0.2) is 0 Å². The molecule has 3 aliphatic rings. The molecule has 0 radical (unpaired) electrons. The number of piperazine rings is 1. The van der Waals surface area contributed by atoms with Crippen LogP contribution in [0.3, 0.4) is 0 Å². The summed E-state index contributed by atoms with van der Waals surface area (Å²) < 4.78 is 63.4. The van der Waals surface area contributed by atoms with Crippen molar-refractivity contribution in [1.82, 2.24) is 19.8 Å². The zero-order valence-electron chi connectivity index (χ0n) is 27.6. The standard InChI is InChI=1S/C31H57F2N7O4S/c1-5-6-7-11-31(3,4)12-8-23(32)19-37-22(2)27(29(34)35)30(41)38-26-21-36-20-25(33)28(26)39-13-15-40(16-14-39)45(42,43)24-9-17-44-18-10-24/h21,23-25,27-29,36H,5-20,34-35H2,1-4H3,(H,38,41). The van der Waals surface area contributed by atoms with Crippen molar-refractivity contribution in [2.24, 2.45) is 27.8 Å². The Morgan fingerprint density at radius 2 is 1.84 bits per heavy atom. The molecular weight excluding hydrogens is 604 g/mol. The Balaban J connectivity index is 1.59. The van der Waals surface area contributed by atoms with E-state index in [2.05, 4.69) is 36.4 Å². The van der Waals surface area contributed by atoms with Crippen LogP contribution < -0.4 is 22.1 Å². The highest BCUT2D eigenvalue weighted by atomic mass is 32.2. The highest BCUT2D eigenvalue weighted by Gasteiger charge is 2.40. The second kappa shape index (κ2) is 17.4. The van der Waals surface area contributed by atoms with Gasteiger partial charge >= 0.3 is 0 Å². The van der Waals surface area contributed by atoms with E-state index in [9.17, 15) is 17.6 Å². The molecule has 3 heterocycles. The first-order valence-corrected chi connectivity index (χ1v) is 18.1. The number of ether oxygens (including phenoxy) is 1. The third kappa shape index (κ3) is 10.9. The van der Waals surface area contributed by atoms with Crippen LogP contribution in [0, 0.1) is 11.3 Å². The molecule has 0 saturated carbocycles. The summed E-state index contributed by atoms with van der Waals surface area (Å²) in [5.74, 6) is -1.59. The van der Waals surface area contributed by atoms with Crippen LogP contribution >= 0.6 is 0 Å². The molecule has 0 aromatic rings. The van der Waals surface area contributed by atoms with Gasteiger partial charge < -0.3 is 26.8 Å². The summed E-state index contributed by atoms with van der Waals surface area (Å²) in [6, 6.07) is -0.786. The van der Waals surface area contributed by atoms with Gasteiger partial charge in [0.1, 0.15) is 18.3 Å². The number of carbonyl (C=O) groups excluding carboxylic acids is 1. The van der Waals surface area contributed by atoms with Crippen molar-refractivity contribution in [3.63, 3.8) is 0 Å². The SMILES string of the molecule is CCCCCC(C)(C)CCC(F)CN=C(C)C(C(=O)NC1=CNCC(F)C1N1CCN(S(=O)(=O)C2CCOCC2)CC1)C(N)N. The normalized spacial score (nSPS) is 24.6. The van der Waals surface area contributed by atoms with Crippen molar-refractivity contribution < 1.29 is 26.7 Å². The van der Waals surface area contributed by atoms with Gasteiger partial charge in [-0.05, 0) is 44.4 Å². The van der Waals surface area contributed by atoms with Gasteiger partial charge in [-0.2, -0.15) is 4.31 Å². The Labute approximate surface area is 269 Å². The molecule has 0 aromatic carbocycles. The number of unbranched alkanes of at least 4 members (excludes halogenated alkanes) is 2. The number of halogens is 2. The van der Waals surface area contributed by atoms with Gasteiger partial charge in [0, 0.05) is 57.8 Å². The number of nitrogens with two attached hydrogens (primary N) is 2. The van der Waals surface area contributed by atoms with E-state index in [4.69, 9.17) is 16.2 Å². The van der Waals surface area contributed by atoms with E-state index in [1.807, 2.05) is 4.90 Å². The van der Waals surface area contributed by atoms with Crippen LogP contribution in [-0.2, 0) is 19.6 Å². The molecule has 2 fully saturated rings. The lowest BCUT2D eigenvalue weighted by Gasteiger charge is -2.43. The molecule has 3 aliphatic heterocycles. The first-order valence-electron chi connectivity index (χ1n) is 16.6. The maximum atomic E-state index is 15.4. The zero-order valence-corrected chi connectivity index (χ0v) is 28.5. The Morgan fingerprint density at radius 1 is 1.18 bits per heavy atom.